The molecule has 37 heavy (non-hydrogen) atoms. The molecule has 0 heterocycles. The molecule has 0 bridgehead atoms. The maximum atomic E-state index is 10.8. The second-order valence-corrected chi connectivity index (χ2v) is 5.78. The standard InChI is InChI=1S/C10H16N2O8.C6H15NO3.BH2O3.2Na.H2O/c1-7(13)17-11(18-8(2)14)5-6-12(19-9(3)15)20-10(4)16;8-4-1-7(2-5-9)3-6-10;2-1(3)4;;;/h5-6H2,1-4H3;8-10H,1-6H2;2-3H;;;1H2/q;;-1;2*+1;/p-1. The van der Waals surface area contributed by atoms with Gasteiger partial charge in [0, 0.05) is 57.8 Å². The van der Waals surface area contributed by atoms with Gasteiger partial charge in [0.2, 0.25) is 0 Å². The first-order valence-electron chi connectivity index (χ1n) is 9.65. The van der Waals surface area contributed by atoms with E-state index in [-0.39, 0.29) is 97.5 Å². The van der Waals surface area contributed by atoms with Crippen LogP contribution in [-0.4, -0.2) is 130 Å². The fraction of sp³-hybridized carbons (Fsp3) is 0.750. The predicted octanol–water partition coefficient (Wildman–Crippen LogP) is -11.1. The molecule has 6 N–H and O–H groups in total. The molecular formula is C16H34BN3Na2O15. The third-order valence-corrected chi connectivity index (χ3v) is 2.64. The van der Waals surface area contributed by atoms with E-state index in [9.17, 15) is 19.2 Å². The first kappa shape index (κ1) is 49.5. The Bertz CT molecular complexity index is 497. The summed E-state index contributed by atoms with van der Waals surface area (Å²) in [6, 6.07) is 0. The Kier molecular flexibility index (Phi) is 44.9. The van der Waals surface area contributed by atoms with Gasteiger partial charge >= 0.3 is 90.3 Å². The Morgan fingerprint density at radius 2 is 0.811 bits per heavy atom. The minimum absolute atomic E-state index is 0. The Labute approximate surface area is 258 Å². The molecule has 0 aromatic rings. The Morgan fingerprint density at radius 1 is 0.622 bits per heavy atom. The summed E-state index contributed by atoms with van der Waals surface area (Å²) in [5.41, 5.74) is 0. The number of hydrogen-bond acceptors (Lipinski definition) is 18. The summed E-state index contributed by atoms with van der Waals surface area (Å²) in [7, 11) is -2.42. The Morgan fingerprint density at radius 3 is 0.946 bits per heavy atom. The maximum Gasteiger partial charge on any atom is 1.00 e. The summed E-state index contributed by atoms with van der Waals surface area (Å²) in [6.45, 7) is 5.72. The first-order valence-corrected chi connectivity index (χ1v) is 9.65. The number of hydroxylamine groups is 4. The van der Waals surface area contributed by atoms with E-state index in [1.807, 2.05) is 0 Å². The Balaban J connectivity index is -0.000000119. The van der Waals surface area contributed by atoms with Gasteiger partial charge in [0.15, 0.2) is 0 Å². The fourth-order valence-electron chi connectivity index (χ4n) is 1.72. The Hall–Kier alpha value is -0.455. The van der Waals surface area contributed by atoms with E-state index in [4.69, 9.17) is 30.4 Å². The van der Waals surface area contributed by atoms with Crippen molar-refractivity contribution in [3.8, 4) is 0 Å². The molecule has 0 aliphatic rings. The zero-order valence-electron chi connectivity index (χ0n) is 21.9. The summed E-state index contributed by atoms with van der Waals surface area (Å²) >= 11 is 0. The molecule has 0 amide bonds. The van der Waals surface area contributed by atoms with Crippen LogP contribution in [0.2, 0.25) is 0 Å². The van der Waals surface area contributed by atoms with Crippen molar-refractivity contribution in [3.05, 3.63) is 0 Å². The van der Waals surface area contributed by atoms with Crippen molar-refractivity contribution in [1.82, 2.24) is 15.4 Å². The average Bonchev–Trinajstić information content (AvgIpc) is 2.65. The largest absolute Gasteiger partial charge is 1.00 e. The van der Waals surface area contributed by atoms with E-state index in [0.717, 1.165) is 27.7 Å². The zero-order chi connectivity index (χ0) is 27.1. The van der Waals surface area contributed by atoms with Crippen LogP contribution >= 0.6 is 0 Å². The summed E-state index contributed by atoms with van der Waals surface area (Å²) in [5, 5.41) is 49.4. The molecule has 0 unspecified atom stereocenters. The maximum absolute atomic E-state index is 10.8. The third-order valence-electron chi connectivity index (χ3n) is 2.64. The monoisotopic (exact) mass is 565 g/mol. The minimum atomic E-state index is -2.42. The molecule has 0 atom stereocenters. The number of rotatable bonds is 13. The van der Waals surface area contributed by atoms with Crippen molar-refractivity contribution in [1.29, 1.82) is 0 Å². The smallest absolute Gasteiger partial charge is 0.870 e. The molecule has 0 aliphatic heterocycles. The minimum Gasteiger partial charge on any atom is -0.870 e. The molecule has 18 nitrogen and oxygen atoms in total. The quantitative estimate of drug-likeness (QED) is 0.102. The van der Waals surface area contributed by atoms with Gasteiger partial charge in [-0.25, -0.2) is 0 Å². The third kappa shape index (κ3) is 45.8. The van der Waals surface area contributed by atoms with E-state index in [2.05, 4.69) is 19.4 Å². The molecule has 0 saturated heterocycles. The van der Waals surface area contributed by atoms with Gasteiger partial charge in [-0.3, -0.25) is 24.1 Å². The van der Waals surface area contributed by atoms with Crippen LogP contribution < -0.4 is 64.1 Å². The van der Waals surface area contributed by atoms with E-state index in [1.165, 1.54) is 0 Å². The molecule has 0 rings (SSSR count). The van der Waals surface area contributed by atoms with E-state index < -0.39 is 31.2 Å². The van der Waals surface area contributed by atoms with Crippen molar-refractivity contribution in [2.45, 2.75) is 27.7 Å². The topological polar surface area (TPSA) is 269 Å². The number of carbonyl (C=O) groups is 4. The van der Waals surface area contributed by atoms with Gasteiger partial charge in [-0.2, -0.15) is 0 Å². The van der Waals surface area contributed by atoms with E-state index in [0.29, 0.717) is 30.1 Å². The van der Waals surface area contributed by atoms with Gasteiger partial charge < -0.3 is 55.2 Å². The predicted molar refractivity (Wildman–Crippen MR) is 110 cm³/mol. The molecule has 0 aromatic carbocycles. The van der Waals surface area contributed by atoms with Gasteiger partial charge in [-0.05, 0) is 0 Å². The van der Waals surface area contributed by atoms with Crippen LogP contribution in [0.4, 0.5) is 0 Å². The summed E-state index contributed by atoms with van der Waals surface area (Å²) < 4.78 is 0. The molecule has 0 spiro atoms. The van der Waals surface area contributed by atoms with Crippen LogP contribution in [0.25, 0.3) is 0 Å². The normalized spacial score (nSPS) is 9.11. The molecule has 0 saturated carbocycles. The van der Waals surface area contributed by atoms with Crippen molar-refractivity contribution in [3.63, 3.8) is 0 Å². The van der Waals surface area contributed by atoms with Crippen LogP contribution in [0.3, 0.4) is 0 Å². The summed E-state index contributed by atoms with van der Waals surface area (Å²) in [5.74, 6) is -2.90. The summed E-state index contributed by atoms with van der Waals surface area (Å²) in [4.78, 5) is 63.2. The van der Waals surface area contributed by atoms with Crippen LogP contribution in [0.1, 0.15) is 27.7 Å². The molecule has 208 valence electrons. The first-order chi connectivity index (χ1) is 15.8. The molecule has 0 aliphatic carbocycles. The molecule has 0 radical (unpaired) electrons. The van der Waals surface area contributed by atoms with Crippen LogP contribution in [0.5, 0.6) is 0 Å². The SMILES string of the molecule is CC(=O)ON(CCN(OC(C)=O)OC(C)=O)OC(C)=O.OCCN(CCO)CCO.[Na+].[Na+].[O-]B(O)O.[OH-]. The summed E-state index contributed by atoms with van der Waals surface area (Å²) in [6.07, 6.45) is 0. The van der Waals surface area contributed by atoms with Gasteiger partial charge in [-0.1, -0.05) is 0 Å². The van der Waals surface area contributed by atoms with Crippen LogP contribution in [-0.2, 0) is 38.5 Å². The van der Waals surface area contributed by atoms with Gasteiger partial charge in [0.25, 0.3) is 0 Å². The van der Waals surface area contributed by atoms with E-state index >= 15 is 0 Å². The second kappa shape index (κ2) is 33.6. The van der Waals surface area contributed by atoms with Crippen molar-refractivity contribution < 1.29 is 134 Å². The van der Waals surface area contributed by atoms with Crippen molar-refractivity contribution in [2.75, 3.05) is 52.5 Å². The van der Waals surface area contributed by atoms with E-state index in [1.54, 1.807) is 4.90 Å². The van der Waals surface area contributed by atoms with Gasteiger partial charge in [0.05, 0.1) is 32.9 Å². The second-order valence-electron chi connectivity index (χ2n) is 5.78. The fourth-order valence-corrected chi connectivity index (χ4v) is 1.72. The molecule has 0 fully saturated rings. The van der Waals surface area contributed by atoms with Crippen LogP contribution in [0.15, 0.2) is 0 Å². The van der Waals surface area contributed by atoms with Crippen molar-refractivity contribution >= 4 is 31.2 Å². The number of aliphatic hydroxyl groups is 3. The number of aliphatic hydroxyl groups excluding tert-OH is 3. The molecule has 0 aromatic heterocycles. The number of hydrogen-bond donors (Lipinski definition) is 5. The average molecular weight is 565 g/mol. The number of carbonyl (C=O) groups excluding carboxylic acids is 4. The van der Waals surface area contributed by atoms with Crippen LogP contribution in [0, 0.1) is 0 Å². The zero-order valence-corrected chi connectivity index (χ0v) is 25.9. The van der Waals surface area contributed by atoms with Gasteiger partial charge in [-0.15, -0.1) is 0 Å². The molecule has 21 heteroatoms. The molecular weight excluding hydrogens is 531 g/mol. The van der Waals surface area contributed by atoms with Gasteiger partial charge in [0.1, 0.15) is 0 Å². The number of nitrogens with zero attached hydrogens (tertiary/aromatic N) is 3. The van der Waals surface area contributed by atoms with Crippen molar-refractivity contribution in [2.24, 2.45) is 0 Å².